The SMILES string of the molecule is CC(Br)=C(Br)c1c(C#N)nn(-c2c(Cl)cc(C(F)(F)F)cc2Cl)c1N. The third-order valence-electron chi connectivity index (χ3n) is 3.10. The Kier molecular flexibility index (Phi) is 5.78. The molecule has 132 valence electrons. The summed E-state index contributed by atoms with van der Waals surface area (Å²) in [5.41, 5.74) is 5.20. The predicted molar refractivity (Wildman–Crippen MR) is 98.2 cm³/mol. The molecule has 2 N–H and O–H groups in total. The van der Waals surface area contributed by atoms with Crippen molar-refractivity contribution in [2.75, 3.05) is 5.73 Å². The number of nitrogens with two attached hydrogens (primary N) is 1. The van der Waals surface area contributed by atoms with E-state index in [4.69, 9.17) is 28.9 Å². The number of nitriles is 1. The maximum atomic E-state index is 12.9. The smallest absolute Gasteiger partial charge is 0.383 e. The van der Waals surface area contributed by atoms with E-state index in [1.807, 2.05) is 6.07 Å². The molecule has 0 aliphatic rings. The Hall–Kier alpha value is -1.21. The monoisotopic (exact) mass is 516 g/mol. The van der Waals surface area contributed by atoms with Gasteiger partial charge in [0.15, 0.2) is 5.69 Å². The second kappa shape index (κ2) is 7.19. The quantitative estimate of drug-likeness (QED) is 0.520. The molecule has 2 aromatic rings. The fourth-order valence-corrected chi connectivity index (χ4v) is 3.24. The number of rotatable bonds is 2. The molecule has 11 heteroatoms. The molecule has 25 heavy (non-hydrogen) atoms. The van der Waals surface area contributed by atoms with Crippen LogP contribution in [-0.2, 0) is 6.18 Å². The lowest BCUT2D eigenvalue weighted by atomic mass is 10.2. The van der Waals surface area contributed by atoms with Crippen LogP contribution in [-0.4, -0.2) is 9.78 Å². The van der Waals surface area contributed by atoms with Gasteiger partial charge in [-0.25, -0.2) is 4.68 Å². The Morgan fingerprint density at radius 1 is 1.28 bits per heavy atom. The summed E-state index contributed by atoms with van der Waals surface area (Å²) in [5.74, 6) is -0.00853. The molecule has 0 aliphatic carbocycles. The molecule has 0 radical (unpaired) electrons. The van der Waals surface area contributed by atoms with Crippen LogP contribution in [0.4, 0.5) is 19.0 Å². The summed E-state index contributed by atoms with van der Waals surface area (Å²) >= 11 is 18.5. The number of alkyl halides is 3. The van der Waals surface area contributed by atoms with Crippen molar-refractivity contribution in [1.29, 1.82) is 5.26 Å². The maximum Gasteiger partial charge on any atom is 0.416 e. The number of hydrogen-bond donors (Lipinski definition) is 1. The van der Waals surface area contributed by atoms with Crippen LogP contribution in [0.1, 0.15) is 23.7 Å². The first kappa shape index (κ1) is 20.1. The van der Waals surface area contributed by atoms with E-state index >= 15 is 0 Å². The lowest BCUT2D eigenvalue weighted by Gasteiger charge is -2.13. The first-order valence-electron chi connectivity index (χ1n) is 6.36. The Balaban J connectivity index is 2.78. The van der Waals surface area contributed by atoms with Crippen LogP contribution in [0.5, 0.6) is 0 Å². The van der Waals surface area contributed by atoms with Crippen LogP contribution >= 0.6 is 55.1 Å². The Bertz CT molecular complexity index is 902. The average molecular weight is 519 g/mol. The fourth-order valence-electron chi connectivity index (χ4n) is 2.00. The van der Waals surface area contributed by atoms with Crippen LogP contribution in [0.2, 0.25) is 10.0 Å². The topological polar surface area (TPSA) is 67.6 Å². The molecular formula is C14H7Br2Cl2F3N4. The molecule has 4 nitrogen and oxygen atoms in total. The van der Waals surface area contributed by atoms with Crippen molar-refractivity contribution in [2.45, 2.75) is 13.1 Å². The van der Waals surface area contributed by atoms with Gasteiger partial charge in [0.2, 0.25) is 0 Å². The number of allylic oxidation sites excluding steroid dienone is 1. The summed E-state index contributed by atoms with van der Waals surface area (Å²) in [6, 6.07) is 3.31. The summed E-state index contributed by atoms with van der Waals surface area (Å²) in [7, 11) is 0. The highest BCUT2D eigenvalue weighted by Crippen LogP contribution is 2.40. The number of nitrogens with zero attached hydrogens (tertiary/aromatic N) is 3. The summed E-state index contributed by atoms with van der Waals surface area (Å²) in [6.45, 7) is 1.71. The number of aromatic nitrogens is 2. The third kappa shape index (κ3) is 3.82. The minimum Gasteiger partial charge on any atom is -0.383 e. The summed E-state index contributed by atoms with van der Waals surface area (Å²) in [4.78, 5) is 0. The van der Waals surface area contributed by atoms with Crippen molar-refractivity contribution < 1.29 is 13.2 Å². The van der Waals surface area contributed by atoms with E-state index in [2.05, 4.69) is 37.0 Å². The van der Waals surface area contributed by atoms with Crippen molar-refractivity contribution in [3.05, 3.63) is 43.5 Å². The van der Waals surface area contributed by atoms with Crippen molar-refractivity contribution in [2.24, 2.45) is 0 Å². The molecule has 0 aliphatic heterocycles. The van der Waals surface area contributed by atoms with E-state index in [0.717, 1.165) is 16.8 Å². The van der Waals surface area contributed by atoms with E-state index < -0.39 is 11.7 Å². The van der Waals surface area contributed by atoms with Gasteiger partial charge in [0.25, 0.3) is 0 Å². The molecule has 1 heterocycles. The van der Waals surface area contributed by atoms with Gasteiger partial charge in [0.1, 0.15) is 17.6 Å². The summed E-state index contributed by atoms with van der Waals surface area (Å²) < 4.78 is 40.7. The Morgan fingerprint density at radius 3 is 2.20 bits per heavy atom. The lowest BCUT2D eigenvalue weighted by Crippen LogP contribution is -2.08. The summed E-state index contributed by atoms with van der Waals surface area (Å²) in [5, 5.41) is 12.7. The van der Waals surface area contributed by atoms with Gasteiger partial charge >= 0.3 is 6.18 Å². The largest absolute Gasteiger partial charge is 0.416 e. The molecule has 0 amide bonds. The third-order valence-corrected chi connectivity index (χ3v) is 5.60. The van der Waals surface area contributed by atoms with Gasteiger partial charge in [-0.2, -0.15) is 23.5 Å². The molecular weight excluding hydrogens is 512 g/mol. The van der Waals surface area contributed by atoms with E-state index in [1.54, 1.807) is 6.92 Å². The van der Waals surface area contributed by atoms with E-state index in [0.29, 0.717) is 8.96 Å². The van der Waals surface area contributed by atoms with Gasteiger partial charge in [-0.1, -0.05) is 39.1 Å². The highest BCUT2D eigenvalue weighted by atomic mass is 79.9. The van der Waals surface area contributed by atoms with Crippen molar-refractivity contribution >= 4 is 65.4 Å². The number of nitrogen functional groups attached to an aromatic ring is 1. The van der Waals surface area contributed by atoms with Crippen LogP contribution in [0.3, 0.4) is 0 Å². The predicted octanol–water partition coefficient (Wildman–Crippen LogP) is 6.13. The maximum absolute atomic E-state index is 12.9. The van der Waals surface area contributed by atoms with Crippen LogP contribution in [0.25, 0.3) is 10.2 Å². The fraction of sp³-hybridized carbons (Fsp3) is 0.143. The number of halogens is 7. The number of benzene rings is 1. The molecule has 1 aromatic carbocycles. The molecule has 1 aromatic heterocycles. The van der Waals surface area contributed by atoms with Gasteiger partial charge in [0, 0.05) is 8.96 Å². The summed E-state index contributed by atoms with van der Waals surface area (Å²) in [6.07, 6.45) is -4.61. The second-order valence-corrected chi connectivity index (χ2v) is 7.56. The molecule has 0 saturated heterocycles. The Morgan fingerprint density at radius 2 is 1.80 bits per heavy atom. The van der Waals surface area contributed by atoms with E-state index in [-0.39, 0.29) is 32.8 Å². The van der Waals surface area contributed by atoms with Crippen molar-refractivity contribution in [1.82, 2.24) is 9.78 Å². The standard InChI is InChI=1S/C14H7Br2Cl2F3N4/c1-5(15)11(16)10-9(4-22)24-25(13(10)23)12-7(17)2-6(3-8(12)18)14(19,20)21/h2-3H,23H2,1H3. The Labute approximate surface area is 167 Å². The van der Waals surface area contributed by atoms with Crippen LogP contribution in [0.15, 0.2) is 16.6 Å². The van der Waals surface area contributed by atoms with Crippen molar-refractivity contribution in [3.63, 3.8) is 0 Å². The molecule has 0 bridgehead atoms. The molecule has 0 spiro atoms. The highest BCUT2D eigenvalue weighted by molar-refractivity contribution is 9.16. The first-order chi connectivity index (χ1) is 11.5. The van der Waals surface area contributed by atoms with Gasteiger partial charge < -0.3 is 5.73 Å². The normalized spacial score (nSPS) is 12.8. The average Bonchev–Trinajstić information content (AvgIpc) is 2.81. The van der Waals surface area contributed by atoms with Crippen molar-refractivity contribution in [3.8, 4) is 11.8 Å². The number of anilines is 1. The molecule has 0 saturated carbocycles. The molecule has 0 atom stereocenters. The van der Waals surface area contributed by atoms with Gasteiger partial charge in [0.05, 0.1) is 21.2 Å². The van der Waals surface area contributed by atoms with Crippen LogP contribution < -0.4 is 5.73 Å². The van der Waals surface area contributed by atoms with E-state index in [1.165, 1.54) is 0 Å². The minimum absolute atomic E-state index is 0.00853. The molecule has 0 unspecified atom stereocenters. The zero-order valence-corrected chi connectivity index (χ0v) is 16.9. The number of hydrogen-bond acceptors (Lipinski definition) is 3. The van der Waals surface area contributed by atoms with E-state index in [9.17, 15) is 18.4 Å². The van der Waals surface area contributed by atoms with Gasteiger partial charge in [-0.3, -0.25) is 0 Å². The lowest BCUT2D eigenvalue weighted by molar-refractivity contribution is -0.137. The van der Waals surface area contributed by atoms with Gasteiger partial charge in [-0.05, 0) is 35.0 Å². The molecule has 2 rings (SSSR count). The first-order valence-corrected chi connectivity index (χ1v) is 8.70. The molecule has 0 fully saturated rings. The zero-order chi connectivity index (χ0) is 19.1. The van der Waals surface area contributed by atoms with Gasteiger partial charge in [-0.15, -0.1) is 0 Å². The zero-order valence-electron chi connectivity index (χ0n) is 12.2. The minimum atomic E-state index is -4.61. The highest BCUT2D eigenvalue weighted by Gasteiger charge is 2.33. The van der Waals surface area contributed by atoms with Crippen LogP contribution in [0, 0.1) is 11.3 Å². The second-order valence-electron chi connectivity index (χ2n) is 4.77.